The molecule has 3 rings (SSSR count). The minimum Gasteiger partial charge on any atom is -0.478 e. The molecular weight excluding hydrogens is 300 g/mol. The number of rotatable bonds is 2. The molecule has 5 nitrogen and oxygen atoms in total. The average molecular weight is 320 g/mol. The number of aromatic carboxylic acids is 1. The van der Waals surface area contributed by atoms with Crippen LogP contribution in [0.15, 0.2) is 12.1 Å². The number of amides is 1. The van der Waals surface area contributed by atoms with Crippen LogP contribution in [-0.2, 0) is 0 Å². The number of hydrogen-bond donors (Lipinski definition) is 1. The van der Waals surface area contributed by atoms with Gasteiger partial charge in [0.2, 0.25) is 0 Å². The van der Waals surface area contributed by atoms with Crippen molar-refractivity contribution in [2.75, 3.05) is 12.3 Å². The summed E-state index contributed by atoms with van der Waals surface area (Å²) in [6, 6.07) is 3.33. The van der Waals surface area contributed by atoms with Crippen LogP contribution in [0.1, 0.15) is 52.2 Å². The number of aromatic nitrogens is 1. The van der Waals surface area contributed by atoms with E-state index < -0.39 is 5.97 Å². The molecule has 2 heterocycles. The quantitative estimate of drug-likeness (QED) is 0.907. The Hall–Kier alpha value is -1.56. The fraction of sp³-hybridized carbons (Fsp3) is 0.562. The summed E-state index contributed by atoms with van der Waals surface area (Å²) in [5.41, 5.74) is 0.907. The normalized spacial score (nSPS) is 24.7. The van der Waals surface area contributed by atoms with Crippen molar-refractivity contribution < 1.29 is 14.7 Å². The molecule has 2 atom stereocenters. The van der Waals surface area contributed by atoms with Crippen LogP contribution in [0, 0.1) is 6.92 Å². The Morgan fingerprint density at radius 3 is 2.82 bits per heavy atom. The van der Waals surface area contributed by atoms with Crippen molar-refractivity contribution in [3.8, 4) is 0 Å². The topological polar surface area (TPSA) is 70.5 Å². The summed E-state index contributed by atoms with van der Waals surface area (Å²) in [4.78, 5) is 30.0. The van der Waals surface area contributed by atoms with Crippen molar-refractivity contribution in [2.24, 2.45) is 0 Å². The maximum absolute atomic E-state index is 12.8. The van der Waals surface area contributed by atoms with E-state index in [9.17, 15) is 9.59 Å². The Bertz CT molecular complexity index is 603. The van der Waals surface area contributed by atoms with E-state index in [1.165, 1.54) is 25.3 Å². The Kier molecular flexibility index (Phi) is 4.38. The molecule has 1 aliphatic heterocycles. The van der Waals surface area contributed by atoms with E-state index >= 15 is 0 Å². The van der Waals surface area contributed by atoms with Gasteiger partial charge in [0, 0.05) is 23.6 Å². The van der Waals surface area contributed by atoms with Gasteiger partial charge in [-0.3, -0.25) is 4.79 Å². The van der Waals surface area contributed by atoms with Gasteiger partial charge >= 0.3 is 5.97 Å². The molecule has 0 spiro atoms. The van der Waals surface area contributed by atoms with Gasteiger partial charge in [-0.05, 0) is 31.9 Å². The minimum absolute atomic E-state index is 0.0581. The first-order valence-corrected chi connectivity index (χ1v) is 8.76. The van der Waals surface area contributed by atoms with E-state index in [0.29, 0.717) is 22.7 Å². The van der Waals surface area contributed by atoms with Crippen LogP contribution in [0.2, 0.25) is 0 Å². The summed E-state index contributed by atoms with van der Waals surface area (Å²) in [7, 11) is 0. The van der Waals surface area contributed by atoms with Gasteiger partial charge in [-0.15, -0.1) is 0 Å². The van der Waals surface area contributed by atoms with Gasteiger partial charge in [-0.2, -0.15) is 11.8 Å². The van der Waals surface area contributed by atoms with Gasteiger partial charge < -0.3 is 10.0 Å². The number of hydrogen-bond acceptors (Lipinski definition) is 4. The second-order valence-electron chi connectivity index (χ2n) is 5.89. The van der Waals surface area contributed by atoms with Crippen LogP contribution in [0.5, 0.6) is 0 Å². The Labute approximate surface area is 134 Å². The van der Waals surface area contributed by atoms with Crippen molar-refractivity contribution in [3.63, 3.8) is 0 Å². The lowest BCUT2D eigenvalue weighted by Gasteiger charge is -2.43. The summed E-state index contributed by atoms with van der Waals surface area (Å²) in [6.07, 6.45) is 4.68. The molecule has 1 saturated carbocycles. The zero-order chi connectivity index (χ0) is 15.7. The molecule has 1 N–H and O–H groups in total. The highest BCUT2D eigenvalue weighted by Crippen LogP contribution is 2.36. The van der Waals surface area contributed by atoms with Gasteiger partial charge in [0.1, 0.15) is 5.69 Å². The summed E-state index contributed by atoms with van der Waals surface area (Å²) in [6.45, 7) is 2.39. The predicted molar refractivity (Wildman–Crippen MR) is 85.5 cm³/mol. The van der Waals surface area contributed by atoms with Crippen LogP contribution in [0.3, 0.4) is 0 Å². The molecule has 1 amide bonds. The fourth-order valence-corrected chi connectivity index (χ4v) is 4.85. The highest BCUT2D eigenvalue weighted by molar-refractivity contribution is 8.00. The number of carbonyl (C=O) groups excluding carboxylic acids is 1. The molecule has 2 fully saturated rings. The van der Waals surface area contributed by atoms with E-state index in [4.69, 9.17) is 5.11 Å². The zero-order valence-electron chi connectivity index (χ0n) is 12.6. The summed E-state index contributed by atoms with van der Waals surface area (Å²) < 4.78 is 0. The molecule has 2 unspecified atom stereocenters. The summed E-state index contributed by atoms with van der Waals surface area (Å²) in [5.74, 6) is -0.0954. The highest BCUT2D eigenvalue weighted by atomic mass is 32.2. The van der Waals surface area contributed by atoms with E-state index in [1.54, 1.807) is 13.0 Å². The van der Waals surface area contributed by atoms with Gasteiger partial charge in [-0.1, -0.05) is 12.8 Å². The highest BCUT2D eigenvalue weighted by Gasteiger charge is 2.37. The molecule has 6 heteroatoms. The average Bonchev–Trinajstić information content (AvgIpc) is 2.53. The number of aryl methyl sites for hydroxylation is 1. The summed E-state index contributed by atoms with van der Waals surface area (Å²) in [5, 5.41) is 9.61. The smallest absolute Gasteiger partial charge is 0.337 e. The largest absolute Gasteiger partial charge is 0.478 e. The molecule has 0 aromatic carbocycles. The van der Waals surface area contributed by atoms with Gasteiger partial charge in [0.05, 0.1) is 11.3 Å². The van der Waals surface area contributed by atoms with Crippen molar-refractivity contribution >= 4 is 23.6 Å². The molecule has 0 radical (unpaired) electrons. The van der Waals surface area contributed by atoms with Crippen molar-refractivity contribution in [3.05, 3.63) is 29.1 Å². The Morgan fingerprint density at radius 1 is 1.32 bits per heavy atom. The zero-order valence-corrected chi connectivity index (χ0v) is 13.4. The van der Waals surface area contributed by atoms with Crippen LogP contribution < -0.4 is 0 Å². The van der Waals surface area contributed by atoms with E-state index in [0.717, 1.165) is 18.7 Å². The Morgan fingerprint density at radius 2 is 2.09 bits per heavy atom. The number of carbonyl (C=O) groups is 2. The van der Waals surface area contributed by atoms with E-state index in [1.807, 2.05) is 16.7 Å². The molecule has 1 aliphatic carbocycles. The first kappa shape index (κ1) is 15.3. The minimum atomic E-state index is -1.01. The molecule has 1 aromatic rings. The fourth-order valence-electron chi connectivity index (χ4n) is 3.40. The lowest BCUT2D eigenvalue weighted by atomic mass is 9.93. The van der Waals surface area contributed by atoms with Crippen LogP contribution in [0.4, 0.5) is 0 Å². The monoisotopic (exact) mass is 320 g/mol. The Balaban J connectivity index is 1.83. The molecule has 1 aromatic heterocycles. The first-order valence-electron chi connectivity index (χ1n) is 7.71. The van der Waals surface area contributed by atoms with Gasteiger partial charge in [-0.25, -0.2) is 9.78 Å². The number of nitrogens with zero attached hydrogens (tertiary/aromatic N) is 2. The van der Waals surface area contributed by atoms with Crippen molar-refractivity contribution in [1.82, 2.24) is 9.88 Å². The molecule has 118 valence electrons. The van der Waals surface area contributed by atoms with Crippen molar-refractivity contribution in [2.45, 2.75) is 43.9 Å². The standard InChI is InChI=1S/C16H20N2O3S/c1-10-11(16(20)21)6-7-12(17-10)15(19)18-8-9-22-14-5-3-2-4-13(14)18/h6-7,13-14H,2-5,8-9H2,1H3,(H,20,21). The van der Waals surface area contributed by atoms with Crippen LogP contribution in [-0.4, -0.2) is 50.5 Å². The number of fused-ring (bicyclic) bond motifs is 1. The van der Waals surface area contributed by atoms with Gasteiger partial charge in [0.15, 0.2) is 0 Å². The van der Waals surface area contributed by atoms with E-state index in [2.05, 4.69) is 4.98 Å². The molecule has 0 bridgehead atoms. The summed E-state index contributed by atoms with van der Waals surface area (Å²) >= 11 is 1.98. The molecule has 22 heavy (non-hydrogen) atoms. The maximum Gasteiger partial charge on any atom is 0.337 e. The predicted octanol–water partition coefficient (Wildman–Crippen LogP) is 2.59. The van der Waals surface area contributed by atoms with E-state index in [-0.39, 0.29) is 11.5 Å². The second-order valence-corrected chi connectivity index (χ2v) is 7.24. The molecule has 1 saturated heterocycles. The third-order valence-corrected chi connectivity index (χ3v) is 5.92. The molecule has 2 aliphatic rings. The lowest BCUT2D eigenvalue weighted by molar-refractivity contribution is 0.0636. The molecular formula is C16H20N2O3S. The number of pyridine rings is 1. The SMILES string of the molecule is Cc1nc(C(=O)N2CCSC3CCCCC32)ccc1C(=O)O. The number of carboxylic acid groups (broad SMARTS) is 1. The second kappa shape index (κ2) is 6.28. The third-order valence-electron chi connectivity index (χ3n) is 4.53. The third kappa shape index (κ3) is 2.84. The maximum atomic E-state index is 12.8. The van der Waals surface area contributed by atoms with Gasteiger partial charge in [0.25, 0.3) is 5.91 Å². The van der Waals surface area contributed by atoms with Crippen molar-refractivity contribution in [1.29, 1.82) is 0 Å². The number of carboxylic acids is 1. The number of thioether (sulfide) groups is 1. The lowest BCUT2D eigenvalue weighted by Crippen LogP contribution is -2.51. The first-order chi connectivity index (χ1) is 10.6. The van der Waals surface area contributed by atoms with Crippen LogP contribution in [0.25, 0.3) is 0 Å². The van der Waals surface area contributed by atoms with Crippen LogP contribution >= 0.6 is 11.8 Å².